The van der Waals surface area contributed by atoms with E-state index < -0.39 is 0 Å². The maximum absolute atomic E-state index is 12.7. The van der Waals surface area contributed by atoms with Gasteiger partial charge in [-0.1, -0.05) is 6.92 Å². The molecule has 1 aliphatic carbocycles. The summed E-state index contributed by atoms with van der Waals surface area (Å²) in [5.41, 5.74) is 7.21. The van der Waals surface area contributed by atoms with Crippen LogP contribution in [-0.2, 0) is 6.54 Å². The molecule has 0 spiro atoms. The van der Waals surface area contributed by atoms with Gasteiger partial charge in [0.2, 0.25) is 0 Å². The van der Waals surface area contributed by atoms with Crippen LogP contribution >= 0.6 is 0 Å². The normalized spacial score (nSPS) is 22.3. The van der Waals surface area contributed by atoms with E-state index in [1.807, 2.05) is 23.6 Å². The van der Waals surface area contributed by atoms with Gasteiger partial charge in [0.15, 0.2) is 0 Å². The molecule has 1 aliphatic rings. The third kappa shape index (κ3) is 3.64. The molecule has 21 heavy (non-hydrogen) atoms. The SMILES string of the molecule is Cc1c(C(=O)N(C)C2CCC(C)CC2)cnn1CCCN. The van der Waals surface area contributed by atoms with E-state index in [2.05, 4.69) is 12.0 Å². The second-order valence-electron chi connectivity index (χ2n) is 6.34. The zero-order valence-electron chi connectivity index (χ0n) is 13.5. The highest BCUT2D eigenvalue weighted by Gasteiger charge is 2.27. The summed E-state index contributed by atoms with van der Waals surface area (Å²) in [6, 6.07) is 0.375. The Morgan fingerprint density at radius 2 is 2.10 bits per heavy atom. The molecule has 1 aromatic rings. The first-order valence-corrected chi connectivity index (χ1v) is 8.04. The molecule has 1 aromatic heterocycles. The van der Waals surface area contributed by atoms with Gasteiger partial charge in [-0.3, -0.25) is 9.48 Å². The van der Waals surface area contributed by atoms with Crippen molar-refractivity contribution in [2.45, 2.75) is 58.5 Å². The monoisotopic (exact) mass is 292 g/mol. The summed E-state index contributed by atoms with van der Waals surface area (Å²) < 4.78 is 1.89. The molecule has 0 bridgehead atoms. The van der Waals surface area contributed by atoms with Crippen molar-refractivity contribution in [2.24, 2.45) is 11.7 Å². The lowest BCUT2D eigenvalue weighted by molar-refractivity contribution is 0.0678. The molecule has 0 atom stereocenters. The van der Waals surface area contributed by atoms with Crippen LogP contribution in [0.15, 0.2) is 6.20 Å². The Morgan fingerprint density at radius 3 is 2.71 bits per heavy atom. The minimum atomic E-state index is 0.103. The lowest BCUT2D eigenvalue weighted by Crippen LogP contribution is -2.39. The van der Waals surface area contributed by atoms with E-state index in [1.54, 1.807) is 6.20 Å². The number of rotatable bonds is 5. The number of carbonyl (C=O) groups is 1. The van der Waals surface area contributed by atoms with Crippen LogP contribution in [0.25, 0.3) is 0 Å². The first kappa shape index (κ1) is 16.0. The first-order valence-electron chi connectivity index (χ1n) is 8.04. The molecule has 1 fully saturated rings. The minimum Gasteiger partial charge on any atom is -0.339 e. The van der Waals surface area contributed by atoms with Crippen LogP contribution in [0.4, 0.5) is 0 Å². The Hall–Kier alpha value is -1.36. The second-order valence-corrected chi connectivity index (χ2v) is 6.34. The van der Waals surface area contributed by atoms with Gasteiger partial charge in [0.1, 0.15) is 0 Å². The Labute approximate surface area is 127 Å². The zero-order chi connectivity index (χ0) is 15.4. The highest BCUT2D eigenvalue weighted by molar-refractivity contribution is 5.95. The predicted octanol–water partition coefficient (Wildman–Crippen LogP) is 2.19. The van der Waals surface area contributed by atoms with Crippen molar-refractivity contribution in [3.8, 4) is 0 Å². The third-order valence-electron chi connectivity index (χ3n) is 4.76. The molecule has 5 nitrogen and oxygen atoms in total. The van der Waals surface area contributed by atoms with Crippen LogP contribution in [0.5, 0.6) is 0 Å². The van der Waals surface area contributed by atoms with Gasteiger partial charge < -0.3 is 10.6 Å². The number of carbonyl (C=O) groups excluding carboxylic acids is 1. The van der Waals surface area contributed by atoms with Crippen molar-refractivity contribution in [3.05, 3.63) is 17.5 Å². The van der Waals surface area contributed by atoms with Crippen LogP contribution in [0.3, 0.4) is 0 Å². The maximum Gasteiger partial charge on any atom is 0.257 e. The fourth-order valence-electron chi connectivity index (χ4n) is 3.11. The number of aryl methyl sites for hydroxylation is 1. The van der Waals surface area contributed by atoms with Crippen molar-refractivity contribution < 1.29 is 4.79 Å². The molecular weight excluding hydrogens is 264 g/mol. The molecule has 118 valence electrons. The summed E-state index contributed by atoms with van der Waals surface area (Å²) in [6.45, 7) is 5.68. The van der Waals surface area contributed by atoms with Crippen LogP contribution in [0.1, 0.15) is 55.1 Å². The van der Waals surface area contributed by atoms with Gasteiger partial charge in [0, 0.05) is 25.3 Å². The molecule has 5 heteroatoms. The molecule has 2 N–H and O–H groups in total. The molecule has 0 unspecified atom stereocenters. The lowest BCUT2D eigenvalue weighted by Gasteiger charge is -2.33. The number of aromatic nitrogens is 2. The molecule has 0 saturated heterocycles. The van der Waals surface area contributed by atoms with Gasteiger partial charge in [-0.2, -0.15) is 5.10 Å². The van der Waals surface area contributed by atoms with Crippen molar-refractivity contribution in [3.63, 3.8) is 0 Å². The molecule has 1 heterocycles. The quantitative estimate of drug-likeness (QED) is 0.904. The predicted molar refractivity (Wildman–Crippen MR) is 84.1 cm³/mol. The summed E-state index contributed by atoms with van der Waals surface area (Å²) >= 11 is 0. The summed E-state index contributed by atoms with van der Waals surface area (Å²) in [4.78, 5) is 14.6. The summed E-state index contributed by atoms with van der Waals surface area (Å²) in [6.07, 6.45) is 7.25. The van der Waals surface area contributed by atoms with E-state index in [0.29, 0.717) is 12.6 Å². The minimum absolute atomic E-state index is 0.103. The molecular formula is C16H28N4O. The topological polar surface area (TPSA) is 64.2 Å². The average molecular weight is 292 g/mol. The van der Waals surface area contributed by atoms with E-state index in [4.69, 9.17) is 5.73 Å². The summed E-state index contributed by atoms with van der Waals surface area (Å²) in [7, 11) is 1.93. The van der Waals surface area contributed by atoms with Crippen LogP contribution in [0.2, 0.25) is 0 Å². The number of hydrogen-bond acceptors (Lipinski definition) is 3. The zero-order valence-corrected chi connectivity index (χ0v) is 13.5. The number of nitrogens with two attached hydrogens (primary N) is 1. The fourth-order valence-corrected chi connectivity index (χ4v) is 3.11. The standard InChI is InChI=1S/C16H28N4O/c1-12-5-7-14(8-6-12)19(3)16(21)15-11-18-20(13(15)2)10-4-9-17/h11-12,14H,4-10,17H2,1-3H3. The Kier molecular flexibility index (Phi) is 5.39. The van der Waals surface area contributed by atoms with Gasteiger partial charge in [0.25, 0.3) is 5.91 Å². The highest BCUT2D eigenvalue weighted by atomic mass is 16.2. The van der Waals surface area contributed by atoms with Crippen molar-refractivity contribution in [1.82, 2.24) is 14.7 Å². The van der Waals surface area contributed by atoms with Crippen molar-refractivity contribution >= 4 is 5.91 Å². The smallest absolute Gasteiger partial charge is 0.257 e. The van der Waals surface area contributed by atoms with Crippen LogP contribution in [-0.4, -0.2) is 40.2 Å². The van der Waals surface area contributed by atoms with Crippen molar-refractivity contribution in [1.29, 1.82) is 0 Å². The van der Waals surface area contributed by atoms with E-state index >= 15 is 0 Å². The Morgan fingerprint density at radius 1 is 1.43 bits per heavy atom. The molecule has 2 rings (SSSR count). The fraction of sp³-hybridized carbons (Fsp3) is 0.750. The summed E-state index contributed by atoms with van der Waals surface area (Å²) in [5, 5.41) is 4.33. The van der Waals surface area contributed by atoms with E-state index in [9.17, 15) is 4.79 Å². The highest BCUT2D eigenvalue weighted by Crippen LogP contribution is 2.27. The van der Waals surface area contributed by atoms with E-state index in [0.717, 1.165) is 43.0 Å². The van der Waals surface area contributed by atoms with Gasteiger partial charge in [-0.15, -0.1) is 0 Å². The average Bonchev–Trinajstić information content (AvgIpc) is 2.85. The van der Waals surface area contributed by atoms with Gasteiger partial charge in [-0.25, -0.2) is 0 Å². The number of hydrogen-bond donors (Lipinski definition) is 1. The van der Waals surface area contributed by atoms with E-state index in [-0.39, 0.29) is 5.91 Å². The maximum atomic E-state index is 12.7. The molecule has 0 aliphatic heterocycles. The van der Waals surface area contributed by atoms with Crippen LogP contribution < -0.4 is 5.73 Å². The second kappa shape index (κ2) is 7.07. The number of amides is 1. The van der Waals surface area contributed by atoms with Crippen molar-refractivity contribution in [2.75, 3.05) is 13.6 Å². The third-order valence-corrected chi connectivity index (χ3v) is 4.76. The largest absolute Gasteiger partial charge is 0.339 e. The molecule has 0 aromatic carbocycles. The Bertz CT molecular complexity index is 475. The van der Waals surface area contributed by atoms with Crippen LogP contribution in [0, 0.1) is 12.8 Å². The van der Waals surface area contributed by atoms with Gasteiger partial charge >= 0.3 is 0 Å². The van der Waals surface area contributed by atoms with E-state index in [1.165, 1.54) is 12.8 Å². The lowest BCUT2D eigenvalue weighted by atomic mass is 9.86. The molecule has 1 amide bonds. The number of nitrogens with zero attached hydrogens (tertiary/aromatic N) is 3. The van der Waals surface area contributed by atoms with Gasteiger partial charge in [0.05, 0.1) is 11.8 Å². The summed E-state index contributed by atoms with van der Waals surface area (Å²) in [5.74, 6) is 0.900. The molecule has 1 saturated carbocycles. The molecule has 0 radical (unpaired) electrons. The Balaban J connectivity index is 2.03. The van der Waals surface area contributed by atoms with Gasteiger partial charge in [-0.05, 0) is 51.5 Å². The first-order chi connectivity index (χ1) is 10.0.